The first-order valence-electron chi connectivity index (χ1n) is 5.93. The maximum Gasteiger partial charge on any atom is 0.250 e. The third-order valence-electron chi connectivity index (χ3n) is 2.87. The van der Waals surface area contributed by atoms with Crippen molar-refractivity contribution < 1.29 is 8.42 Å². The Balaban J connectivity index is 1.98. The van der Waals surface area contributed by atoms with E-state index in [9.17, 15) is 8.42 Å². The quantitative estimate of drug-likeness (QED) is 0.912. The summed E-state index contributed by atoms with van der Waals surface area (Å²) in [7, 11) is -1.55. The van der Waals surface area contributed by atoms with Crippen molar-refractivity contribution in [2.75, 3.05) is 6.54 Å². The molecule has 0 spiro atoms. The fraction of sp³-hybridized carbons (Fsp3) is 0.417. The Kier molecular flexibility index (Phi) is 4.07. The zero-order valence-electron chi connectivity index (χ0n) is 11.2. The minimum absolute atomic E-state index is 0.379. The van der Waals surface area contributed by atoms with E-state index in [1.54, 1.807) is 16.9 Å². The SMILES string of the molecule is Cc1cc(S(=O)(=O)NCCc2cnn(C)c2)sc1C. The molecule has 5 nitrogen and oxygen atoms in total. The highest BCUT2D eigenvalue weighted by molar-refractivity contribution is 7.91. The largest absolute Gasteiger partial charge is 0.276 e. The van der Waals surface area contributed by atoms with Crippen LogP contribution in [-0.4, -0.2) is 24.7 Å². The average Bonchev–Trinajstić information content (AvgIpc) is 2.87. The number of hydrogen-bond donors (Lipinski definition) is 1. The number of nitrogens with zero attached hydrogens (tertiary/aromatic N) is 2. The summed E-state index contributed by atoms with van der Waals surface area (Å²) in [6.07, 6.45) is 4.26. The number of nitrogens with one attached hydrogen (secondary N) is 1. The molecule has 0 bridgehead atoms. The second kappa shape index (κ2) is 5.44. The summed E-state index contributed by atoms with van der Waals surface area (Å²) in [5, 5.41) is 4.05. The van der Waals surface area contributed by atoms with Gasteiger partial charge in [-0.1, -0.05) is 0 Å². The molecule has 19 heavy (non-hydrogen) atoms. The van der Waals surface area contributed by atoms with E-state index < -0.39 is 10.0 Å². The van der Waals surface area contributed by atoms with E-state index in [2.05, 4.69) is 9.82 Å². The molecular formula is C12H17N3O2S2. The van der Waals surface area contributed by atoms with Gasteiger partial charge in [-0.25, -0.2) is 13.1 Å². The average molecular weight is 299 g/mol. The van der Waals surface area contributed by atoms with E-state index >= 15 is 0 Å². The van der Waals surface area contributed by atoms with Gasteiger partial charge in [0.15, 0.2) is 0 Å². The first-order valence-corrected chi connectivity index (χ1v) is 8.22. The lowest BCUT2D eigenvalue weighted by atomic mass is 10.3. The van der Waals surface area contributed by atoms with Gasteiger partial charge in [-0.15, -0.1) is 11.3 Å². The van der Waals surface area contributed by atoms with Crippen LogP contribution in [0.5, 0.6) is 0 Å². The first-order chi connectivity index (χ1) is 8.88. The molecule has 1 N–H and O–H groups in total. The van der Waals surface area contributed by atoms with Gasteiger partial charge in [0.1, 0.15) is 4.21 Å². The second-order valence-corrected chi connectivity index (χ2v) is 7.72. The fourth-order valence-electron chi connectivity index (χ4n) is 1.67. The van der Waals surface area contributed by atoms with Gasteiger partial charge in [0.25, 0.3) is 0 Å². The predicted molar refractivity (Wildman–Crippen MR) is 75.9 cm³/mol. The zero-order chi connectivity index (χ0) is 14.0. The molecular weight excluding hydrogens is 282 g/mol. The van der Waals surface area contributed by atoms with Crippen LogP contribution in [0.15, 0.2) is 22.7 Å². The molecule has 0 radical (unpaired) electrons. The van der Waals surface area contributed by atoms with Crippen LogP contribution >= 0.6 is 11.3 Å². The Hall–Kier alpha value is -1.18. The molecule has 0 aliphatic rings. The lowest BCUT2D eigenvalue weighted by Crippen LogP contribution is -2.25. The highest BCUT2D eigenvalue weighted by atomic mass is 32.2. The monoisotopic (exact) mass is 299 g/mol. The van der Waals surface area contributed by atoms with Gasteiger partial charge >= 0.3 is 0 Å². The van der Waals surface area contributed by atoms with Crippen LogP contribution in [0.1, 0.15) is 16.0 Å². The van der Waals surface area contributed by atoms with Crippen molar-refractivity contribution in [1.82, 2.24) is 14.5 Å². The Morgan fingerprint density at radius 1 is 1.42 bits per heavy atom. The summed E-state index contributed by atoms with van der Waals surface area (Å²) < 4.78 is 28.8. The highest BCUT2D eigenvalue weighted by Crippen LogP contribution is 2.24. The van der Waals surface area contributed by atoms with Crippen molar-refractivity contribution in [1.29, 1.82) is 0 Å². The maximum absolute atomic E-state index is 12.1. The van der Waals surface area contributed by atoms with Crippen molar-refractivity contribution >= 4 is 21.4 Å². The van der Waals surface area contributed by atoms with Crippen LogP contribution < -0.4 is 4.72 Å². The molecule has 0 aliphatic carbocycles. The summed E-state index contributed by atoms with van der Waals surface area (Å²) >= 11 is 1.30. The lowest BCUT2D eigenvalue weighted by Gasteiger charge is -2.03. The number of aromatic nitrogens is 2. The third-order valence-corrected chi connectivity index (χ3v) is 5.96. The maximum atomic E-state index is 12.1. The molecule has 2 aromatic rings. The number of thiophene rings is 1. The molecule has 2 aromatic heterocycles. The summed E-state index contributed by atoms with van der Waals surface area (Å²) in [4.78, 5) is 1.03. The third kappa shape index (κ3) is 3.43. The highest BCUT2D eigenvalue weighted by Gasteiger charge is 2.17. The Morgan fingerprint density at radius 2 is 2.16 bits per heavy atom. The number of aryl methyl sites for hydroxylation is 3. The Morgan fingerprint density at radius 3 is 2.68 bits per heavy atom. The molecule has 0 unspecified atom stereocenters. The van der Waals surface area contributed by atoms with Crippen molar-refractivity contribution in [3.05, 3.63) is 34.5 Å². The summed E-state index contributed by atoms with van der Waals surface area (Å²) in [6.45, 7) is 4.22. The molecule has 0 fully saturated rings. The summed E-state index contributed by atoms with van der Waals surface area (Å²) in [5.74, 6) is 0. The van der Waals surface area contributed by atoms with Crippen molar-refractivity contribution in [2.45, 2.75) is 24.5 Å². The van der Waals surface area contributed by atoms with Crippen LogP contribution in [0.4, 0.5) is 0 Å². The topological polar surface area (TPSA) is 64.0 Å². The van der Waals surface area contributed by atoms with Crippen LogP contribution in [0.3, 0.4) is 0 Å². The van der Waals surface area contributed by atoms with Gasteiger partial charge in [-0.2, -0.15) is 5.10 Å². The molecule has 0 aliphatic heterocycles. The molecule has 0 atom stereocenters. The Bertz CT molecular complexity index is 651. The van der Waals surface area contributed by atoms with Crippen molar-refractivity contribution in [3.63, 3.8) is 0 Å². The Labute approximate surface area is 117 Å². The van der Waals surface area contributed by atoms with Crippen LogP contribution in [0.2, 0.25) is 0 Å². The van der Waals surface area contributed by atoms with Crippen molar-refractivity contribution in [3.8, 4) is 0 Å². The van der Waals surface area contributed by atoms with E-state index in [1.807, 2.05) is 27.1 Å². The van der Waals surface area contributed by atoms with E-state index in [0.717, 1.165) is 16.0 Å². The molecule has 2 heterocycles. The van der Waals surface area contributed by atoms with Gasteiger partial charge in [0.2, 0.25) is 10.0 Å². The number of hydrogen-bond acceptors (Lipinski definition) is 4. The normalized spacial score (nSPS) is 11.9. The second-order valence-electron chi connectivity index (χ2n) is 4.47. The molecule has 0 aromatic carbocycles. The molecule has 0 saturated carbocycles. The summed E-state index contributed by atoms with van der Waals surface area (Å²) in [6, 6.07) is 1.71. The van der Waals surface area contributed by atoms with Crippen LogP contribution in [0, 0.1) is 13.8 Å². The van der Waals surface area contributed by atoms with Gasteiger partial charge in [-0.05, 0) is 37.5 Å². The van der Waals surface area contributed by atoms with Crippen molar-refractivity contribution in [2.24, 2.45) is 7.05 Å². The van der Waals surface area contributed by atoms with Crippen LogP contribution in [0.25, 0.3) is 0 Å². The number of rotatable bonds is 5. The van der Waals surface area contributed by atoms with Gasteiger partial charge in [0.05, 0.1) is 6.20 Å². The molecule has 0 saturated heterocycles. The van der Waals surface area contributed by atoms with E-state index in [0.29, 0.717) is 17.2 Å². The minimum atomic E-state index is -3.38. The molecule has 7 heteroatoms. The van der Waals surface area contributed by atoms with E-state index in [-0.39, 0.29) is 0 Å². The van der Waals surface area contributed by atoms with Gasteiger partial charge in [0, 0.05) is 24.7 Å². The fourth-order valence-corrected chi connectivity index (χ4v) is 4.27. The van der Waals surface area contributed by atoms with Gasteiger partial charge in [-0.3, -0.25) is 4.68 Å². The van der Waals surface area contributed by atoms with E-state index in [4.69, 9.17) is 0 Å². The molecule has 0 amide bonds. The van der Waals surface area contributed by atoms with E-state index in [1.165, 1.54) is 11.3 Å². The zero-order valence-corrected chi connectivity index (χ0v) is 12.8. The number of sulfonamides is 1. The summed E-state index contributed by atoms with van der Waals surface area (Å²) in [5.41, 5.74) is 2.03. The lowest BCUT2D eigenvalue weighted by molar-refractivity contribution is 0.583. The molecule has 2 rings (SSSR count). The smallest absolute Gasteiger partial charge is 0.250 e. The van der Waals surface area contributed by atoms with Gasteiger partial charge < -0.3 is 0 Å². The first kappa shape index (κ1) is 14.2. The minimum Gasteiger partial charge on any atom is -0.276 e. The van der Waals surface area contributed by atoms with Crippen LogP contribution in [-0.2, 0) is 23.5 Å². The standard InChI is InChI=1S/C12H17N3O2S2/c1-9-6-12(18-10(9)2)19(16,17)14-5-4-11-7-13-15(3)8-11/h6-8,14H,4-5H2,1-3H3. The predicted octanol–water partition coefficient (Wildman–Crippen LogP) is 1.62. The molecule has 104 valence electrons.